The van der Waals surface area contributed by atoms with Crippen molar-refractivity contribution in [2.75, 3.05) is 5.32 Å². The van der Waals surface area contributed by atoms with Crippen molar-refractivity contribution in [3.8, 4) is 0 Å². The highest BCUT2D eigenvalue weighted by molar-refractivity contribution is 6.39. The Hall–Kier alpha value is -2.36. The summed E-state index contributed by atoms with van der Waals surface area (Å²) in [6.07, 6.45) is 13.2. The van der Waals surface area contributed by atoms with Crippen LogP contribution in [-0.4, -0.2) is 17.9 Å². The normalized spacial score (nSPS) is 17.3. The Morgan fingerprint density at radius 1 is 0.679 bits per heavy atom. The molecule has 0 unspecified atom stereocenters. The molecule has 150 valence electrons. The molecule has 1 aliphatic rings. The molecule has 1 saturated carbocycles. The van der Waals surface area contributed by atoms with E-state index >= 15 is 0 Å². The van der Waals surface area contributed by atoms with E-state index in [0.29, 0.717) is 5.69 Å². The minimum atomic E-state index is -0.582. The first-order valence-electron chi connectivity index (χ1n) is 10.8. The van der Waals surface area contributed by atoms with Crippen molar-refractivity contribution in [1.82, 2.24) is 5.32 Å². The van der Waals surface area contributed by atoms with Crippen LogP contribution in [0.15, 0.2) is 42.5 Å². The van der Waals surface area contributed by atoms with Crippen molar-refractivity contribution in [1.29, 1.82) is 0 Å². The highest BCUT2D eigenvalue weighted by Crippen LogP contribution is 2.19. The highest BCUT2D eigenvalue weighted by atomic mass is 16.2. The van der Waals surface area contributed by atoms with Gasteiger partial charge in [0.05, 0.1) is 0 Å². The monoisotopic (exact) mass is 380 g/mol. The van der Waals surface area contributed by atoms with Gasteiger partial charge in [-0.05, 0) is 35.7 Å². The Kier molecular flexibility index (Phi) is 7.89. The fourth-order valence-electron chi connectivity index (χ4n) is 4.01. The number of benzene rings is 2. The fourth-order valence-corrected chi connectivity index (χ4v) is 4.01. The molecule has 3 rings (SSSR count). The molecule has 2 amide bonds. The second-order valence-electron chi connectivity index (χ2n) is 7.95. The molecule has 0 aromatic heterocycles. The third kappa shape index (κ3) is 6.36. The number of anilines is 1. The fraction of sp³-hybridized carbons (Fsp3) is 0.500. The predicted molar refractivity (Wildman–Crippen MR) is 115 cm³/mol. The molecule has 0 atom stereocenters. The van der Waals surface area contributed by atoms with Crippen LogP contribution in [0, 0.1) is 0 Å². The maximum atomic E-state index is 12.4. The van der Waals surface area contributed by atoms with Crippen LogP contribution in [0.2, 0.25) is 0 Å². The average molecular weight is 381 g/mol. The van der Waals surface area contributed by atoms with Crippen molar-refractivity contribution in [3.05, 3.63) is 42.5 Å². The van der Waals surface area contributed by atoms with Gasteiger partial charge in [0.25, 0.3) is 0 Å². The number of carbonyl (C=O) groups is 2. The maximum absolute atomic E-state index is 12.4. The summed E-state index contributed by atoms with van der Waals surface area (Å²) < 4.78 is 0. The van der Waals surface area contributed by atoms with E-state index in [2.05, 4.69) is 10.6 Å². The first-order valence-corrected chi connectivity index (χ1v) is 10.8. The summed E-state index contributed by atoms with van der Waals surface area (Å²) in [5.74, 6) is -1.10. The first kappa shape index (κ1) is 20.4. The van der Waals surface area contributed by atoms with Crippen molar-refractivity contribution < 1.29 is 9.59 Å². The largest absolute Gasteiger partial charge is 0.345 e. The molecule has 0 heterocycles. The van der Waals surface area contributed by atoms with Gasteiger partial charge in [0, 0.05) is 11.7 Å². The summed E-state index contributed by atoms with van der Waals surface area (Å²) in [5, 5.41) is 7.87. The summed E-state index contributed by atoms with van der Waals surface area (Å²) >= 11 is 0. The molecule has 0 bridgehead atoms. The smallest absolute Gasteiger partial charge is 0.313 e. The summed E-state index contributed by atoms with van der Waals surface area (Å²) in [6.45, 7) is 0. The van der Waals surface area contributed by atoms with Crippen LogP contribution in [0.5, 0.6) is 0 Å². The Morgan fingerprint density at radius 2 is 1.25 bits per heavy atom. The van der Waals surface area contributed by atoms with Crippen LogP contribution in [0.1, 0.15) is 70.6 Å². The topological polar surface area (TPSA) is 58.2 Å². The molecule has 4 nitrogen and oxygen atoms in total. The minimum absolute atomic E-state index is 0.106. The molecule has 0 radical (unpaired) electrons. The van der Waals surface area contributed by atoms with Crippen molar-refractivity contribution in [3.63, 3.8) is 0 Å². The lowest BCUT2D eigenvalue weighted by Gasteiger charge is -2.19. The second-order valence-corrected chi connectivity index (χ2v) is 7.95. The van der Waals surface area contributed by atoms with Crippen LogP contribution in [0.4, 0.5) is 5.69 Å². The van der Waals surface area contributed by atoms with Gasteiger partial charge in [-0.2, -0.15) is 0 Å². The molecule has 4 heteroatoms. The van der Waals surface area contributed by atoms with E-state index in [1.54, 1.807) is 0 Å². The van der Waals surface area contributed by atoms with E-state index in [1.165, 1.54) is 44.9 Å². The second kappa shape index (κ2) is 10.8. The summed E-state index contributed by atoms with van der Waals surface area (Å²) in [4.78, 5) is 24.8. The standard InChI is InChI=1S/C24H32N2O2/c27-23(25-21-14-8-6-4-2-1-3-5-7-9-15-21)24(28)26-22-17-16-19-12-10-11-13-20(19)18-22/h10-13,16-18,21H,1-9,14-15H2,(H,25,27)(H,26,28). The molecular formula is C24H32N2O2. The van der Waals surface area contributed by atoms with E-state index in [1.807, 2.05) is 42.5 Å². The van der Waals surface area contributed by atoms with E-state index in [-0.39, 0.29) is 6.04 Å². The van der Waals surface area contributed by atoms with Crippen LogP contribution in [-0.2, 0) is 9.59 Å². The number of hydrogen-bond donors (Lipinski definition) is 2. The van der Waals surface area contributed by atoms with Crippen molar-refractivity contribution >= 4 is 28.3 Å². The molecule has 2 aromatic carbocycles. The molecule has 0 spiro atoms. The van der Waals surface area contributed by atoms with Gasteiger partial charge in [0.2, 0.25) is 0 Å². The molecule has 28 heavy (non-hydrogen) atoms. The average Bonchev–Trinajstić information content (AvgIpc) is 2.70. The zero-order valence-corrected chi connectivity index (χ0v) is 16.7. The number of fused-ring (bicyclic) bond motifs is 1. The third-order valence-corrected chi connectivity index (χ3v) is 5.65. The van der Waals surface area contributed by atoms with Crippen molar-refractivity contribution in [2.24, 2.45) is 0 Å². The van der Waals surface area contributed by atoms with Gasteiger partial charge in [-0.3, -0.25) is 9.59 Å². The van der Waals surface area contributed by atoms with Gasteiger partial charge in [-0.15, -0.1) is 0 Å². The summed E-state index contributed by atoms with van der Waals surface area (Å²) in [6, 6.07) is 13.8. The van der Waals surface area contributed by atoms with Gasteiger partial charge in [0.15, 0.2) is 0 Å². The molecule has 0 saturated heterocycles. The minimum Gasteiger partial charge on any atom is -0.345 e. The zero-order valence-electron chi connectivity index (χ0n) is 16.7. The Balaban J connectivity index is 1.54. The van der Waals surface area contributed by atoms with Gasteiger partial charge >= 0.3 is 11.8 Å². The van der Waals surface area contributed by atoms with Crippen LogP contribution in [0.3, 0.4) is 0 Å². The number of nitrogens with one attached hydrogen (secondary N) is 2. The quantitative estimate of drug-likeness (QED) is 0.669. The molecular weight excluding hydrogens is 348 g/mol. The highest BCUT2D eigenvalue weighted by Gasteiger charge is 2.19. The van der Waals surface area contributed by atoms with Gasteiger partial charge in [0.1, 0.15) is 0 Å². The molecule has 0 aliphatic heterocycles. The molecule has 2 N–H and O–H groups in total. The number of rotatable bonds is 2. The van der Waals surface area contributed by atoms with E-state index in [4.69, 9.17) is 0 Å². The Morgan fingerprint density at radius 3 is 1.89 bits per heavy atom. The SMILES string of the molecule is O=C(Nc1ccc2ccccc2c1)C(=O)NC1CCCCCCCCCCC1. The zero-order chi connectivity index (χ0) is 19.6. The summed E-state index contributed by atoms with van der Waals surface area (Å²) in [7, 11) is 0. The molecule has 1 fully saturated rings. The number of carbonyl (C=O) groups excluding carboxylic acids is 2. The Labute approximate surface area is 168 Å². The summed E-state index contributed by atoms with van der Waals surface area (Å²) in [5.41, 5.74) is 0.651. The lowest BCUT2D eigenvalue weighted by molar-refractivity contribution is -0.136. The van der Waals surface area contributed by atoms with E-state index in [0.717, 1.165) is 36.5 Å². The van der Waals surface area contributed by atoms with Crippen molar-refractivity contribution in [2.45, 2.75) is 76.7 Å². The first-order chi connectivity index (χ1) is 13.7. The van der Waals surface area contributed by atoms with E-state index in [9.17, 15) is 9.59 Å². The van der Waals surface area contributed by atoms with E-state index < -0.39 is 11.8 Å². The van der Waals surface area contributed by atoms with Gasteiger partial charge in [-0.1, -0.05) is 88.1 Å². The maximum Gasteiger partial charge on any atom is 0.313 e. The van der Waals surface area contributed by atoms with Gasteiger partial charge < -0.3 is 10.6 Å². The lowest BCUT2D eigenvalue weighted by atomic mass is 9.98. The van der Waals surface area contributed by atoms with Crippen LogP contribution >= 0.6 is 0 Å². The van der Waals surface area contributed by atoms with Crippen LogP contribution in [0.25, 0.3) is 10.8 Å². The molecule has 1 aliphatic carbocycles. The predicted octanol–water partition coefficient (Wildman–Crippen LogP) is 5.57. The van der Waals surface area contributed by atoms with Gasteiger partial charge in [-0.25, -0.2) is 0 Å². The van der Waals surface area contributed by atoms with Crippen LogP contribution < -0.4 is 10.6 Å². The Bertz CT molecular complexity index is 775. The molecule has 2 aromatic rings. The number of hydrogen-bond acceptors (Lipinski definition) is 2. The third-order valence-electron chi connectivity index (χ3n) is 5.65. The number of amides is 2. The lowest BCUT2D eigenvalue weighted by Crippen LogP contribution is -2.41.